The second-order valence-electron chi connectivity index (χ2n) is 8.87. The maximum Gasteiger partial charge on any atom is 0.405 e. The lowest BCUT2D eigenvalue weighted by molar-refractivity contribution is -0.123. The van der Waals surface area contributed by atoms with E-state index in [1.54, 1.807) is 11.4 Å². The molecule has 0 unspecified atom stereocenters. The number of sulfonamides is 1. The quantitative estimate of drug-likeness (QED) is 0.302. The predicted octanol–water partition coefficient (Wildman–Crippen LogP) is 4.95. The van der Waals surface area contributed by atoms with Crippen molar-refractivity contribution >= 4 is 38.5 Å². The maximum absolute atomic E-state index is 13.6. The monoisotopic (exact) mass is 577 g/mol. The molecule has 0 spiro atoms. The minimum absolute atomic E-state index is 0.0954. The molecule has 210 valence electrons. The highest BCUT2D eigenvalue weighted by Gasteiger charge is 2.29. The summed E-state index contributed by atoms with van der Waals surface area (Å²) in [6.45, 7) is -1.53. The Kier molecular flexibility index (Phi) is 7.61. The SMILES string of the molecule is CNC(=O)c1c(-c2ccc(F)cc2)oc2cc(N(C)S(C)(=O)=O)c(-c3cccc(C(=O)NCC(F)(F)F)c3)cc12. The molecule has 3 aromatic carbocycles. The van der Waals surface area contributed by atoms with E-state index in [9.17, 15) is 35.6 Å². The number of rotatable bonds is 7. The molecule has 0 aliphatic rings. The first-order valence-electron chi connectivity index (χ1n) is 11.7. The number of nitrogens with zero attached hydrogens (tertiary/aromatic N) is 1. The van der Waals surface area contributed by atoms with Crippen LogP contribution in [0.1, 0.15) is 20.7 Å². The van der Waals surface area contributed by atoms with Gasteiger partial charge in [-0.25, -0.2) is 12.8 Å². The normalized spacial score (nSPS) is 11.9. The summed E-state index contributed by atoms with van der Waals surface area (Å²) in [6.07, 6.45) is -3.63. The fraction of sp³-hybridized carbons (Fsp3) is 0.185. The molecule has 0 aliphatic carbocycles. The molecule has 1 aromatic heterocycles. The van der Waals surface area contributed by atoms with Crippen LogP contribution in [-0.4, -0.2) is 53.3 Å². The second kappa shape index (κ2) is 10.6. The van der Waals surface area contributed by atoms with Crippen molar-refractivity contribution in [3.63, 3.8) is 0 Å². The van der Waals surface area contributed by atoms with Crippen LogP contribution >= 0.6 is 0 Å². The van der Waals surface area contributed by atoms with Crippen LogP contribution in [0.2, 0.25) is 0 Å². The van der Waals surface area contributed by atoms with Crippen LogP contribution in [0.25, 0.3) is 33.4 Å². The van der Waals surface area contributed by atoms with Gasteiger partial charge < -0.3 is 15.1 Å². The van der Waals surface area contributed by atoms with Crippen LogP contribution in [-0.2, 0) is 10.0 Å². The van der Waals surface area contributed by atoms with Gasteiger partial charge in [0.25, 0.3) is 11.8 Å². The van der Waals surface area contributed by atoms with Gasteiger partial charge in [-0.15, -0.1) is 0 Å². The molecule has 0 bridgehead atoms. The molecule has 0 saturated carbocycles. The van der Waals surface area contributed by atoms with E-state index in [1.165, 1.54) is 68.7 Å². The Morgan fingerprint density at radius 1 is 0.975 bits per heavy atom. The zero-order valence-electron chi connectivity index (χ0n) is 21.4. The third-order valence-electron chi connectivity index (χ3n) is 6.09. The molecule has 0 fully saturated rings. The van der Waals surface area contributed by atoms with Crippen molar-refractivity contribution in [2.75, 3.05) is 31.2 Å². The van der Waals surface area contributed by atoms with Gasteiger partial charge in [0.2, 0.25) is 10.0 Å². The third kappa shape index (κ3) is 5.93. The van der Waals surface area contributed by atoms with Crippen molar-refractivity contribution in [3.8, 4) is 22.5 Å². The molecule has 4 rings (SSSR count). The summed E-state index contributed by atoms with van der Waals surface area (Å²) >= 11 is 0. The Bertz CT molecular complexity index is 1710. The summed E-state index contributed by atoms with van der Waals surface area (Å²) in [5.74, 6) is -1.90. The first-order chi connectivity index (χ1) is 18.7. The average molecular weight is 578 g/mol. The molecular weight excluding hydrogens is 554 g/mol. The minimum atomic E-state index is -4.61. The zero-order valence-corrected chi connectivity index (χ0v) is 22.2. The third-order valence-corrected chi connectivity index (χ3v) is 7.28. The number of anilines is 1. The van der Waals surface area contributed by atoms with Gasteiger partial charge in [0.1, 0.15) is 23.7 Å². The number of furan rings is 1. The van der Waals surface area contributed by atoms with Crippen molar-refractivity contribution in [1.29, 1.82) is 0 Å². The number of carbonyl (C=O) groups excluding carboxylic acids is 2. The summed E-state index contributed by atoms with van der Waals surface area (Å²) in [4.78, 5) is 25.4. The van der Waals surface area contributed by atoms with E-state index >= 15 is 0 Å². The first kappa shape index (κ1) is 28.6. The summed E-state index contributed by atoms with van der Waals surface area (Å²) in [5, 5.41) is 4.61. The highest BCUT2D eigenvalue weighted by molar-refractivity contribution is 7.92. The fourth-order valence-corrected chi connectivity index (χ4v) is 4.58. The number of halogens is 4. The Hall–Kier alpha value is -4.39. The fourth-order valence-electron chi connectivity index (χ4n) is 4.07. The summed E-state index contributed by atoms with van der Waals surface area (Å²) in [7, 11) is -1.12. The van der Waals surface area contributed by atoms with Crippen LogP contribution in [0.3, 0.4) is 0 Å². The number of benzene rings is 3. The summed E-state index contributed by atoms with van der Waals surface area (Å²) in [5.41, 5.74) is 1.19. The number of hydrogen-bond acceptors (Lipinski definition) is 5. The highest BCUT2D eigenvalue weighted by Crippen LogP contribution is 2.41. The average Bonchev–Trinajstić information content (AvgIpc) is 3.28. The van der Waals surface area contributed by atoms with E-state index in [0.717, 1.165) is 10.6 Å². The second-order valence-corrected chi connectivity index (χ2v) is 10.9. The van der Waals surface area contributed by atoms with E-state index in [-0.39, 0.29) is 39.1 Å². The topological polar surface area (TPSA) is 109 Å². The number of hydrogen-bond donors (Lipinski definition) is 2. The van der Waals surface area contributed by atoms with E-state index < -0.39 is 40.4 Å². The molecule has 0 aliphatic heterocycles. The molecule has 40 heavy (non-hydrogen) atoms. The van der Waals surface area contributed by atoms with Crippen LogP contribution in [0.15, 0.2) is 65.1 Å². The molecule has 4 aromatic rings. The van der Waals surface area contributed by atoms with E-state index in [0.29, 0.717) is 11.1 Å². The lowest BCUT2D eigenvalue weighted by Crippen LogP contribution is -2.33. The largest absolute Gasteiger partial charge is 0.455 e. The molecule has 0 saturated heterocycles. The van der Waals surface area contributed by atoms with E-state index in [4.69, 9.17) is 4.42 Å². The summed E-state index contributed by atoms with van der Waals surface area (Å²) in [6, 6.07) is 13.7. The van der Waals surface area contributed by atoms with E-state index in [1.807, 2.05) is 0 Å². The molecule has 2 N–H and O–H groups in total. The van der Waals surface area contributed by atoms with E-state index in [2.05, 4.69) is 5.32 Å². The summed E-state index contributed by atoms with van der Waals surface area (Å²) < 4.78 is 83.4. The smallest absolute Gasteiger partial charge is 0.405 e. The number of nitrogens with one attached hydrogen (secondary N) is 2. The Morgan fingerprint density at radius 2 is 1.65 bits per heavy atom. The Balaban J connectivity index is 1.96. The molecular formula is C27H23F4N3O5S. The zero-order chi connectivity index (χ0) is 29.4. The number of fused-ring (bicyclic) bond motifs is 1. The van der Waals surface area contributed by atoms with Crippen molar-refractivity contribution in [2.24, 2.45) is 0 Å². The van der Waals surface area contributed by atoms with Crippen molar-refractivity contribution < 1.29 is 40.0 Å². The number of alkyl halides is 3. The number of amides is 2. The molecule has 0 atom stereocenters. The van der Waals surface area contributed by atoms with Gasteiger partial charge in [0, 0.05) is 42.2 Å². The van der Waals surface area contributed by atoms with Crippen LogP contribution in [0, 0.1) is 5.82 Å². The van der Waals surface area contributed by atoms with Crippen molar-refractivity contribution in [1.82, 2.24) is 10.6 Å². The lowest BCUT2D eigenvalue weighted by atomic mass is 9.97. The van der Waals surface area contributed by atoms with Crippen LogP contribution < -0.4 is 14.9 Å². The highest BCUT2D eigenvalue weighted by atomic mass is 32.2. The van der Waals surface area contributed by atoms with Crippen LogP contribution in [0.4, 0.5) is 23.2 Å². The first-order valence-corrected chi connectivity index (χ1v) is 13.5. The minimum Gasteiger partial charge on any atom is -0.455 e. The number of carbonyl (C=O) groups is 2. The molecule has 13 heteroatoms. The maximum atomic E-state index is 13.6. The molecule has 1 heterocycles. The van der Waals surface area contributed by atoms with Crippen LogP contribution in [0.5, 0.6) is 0 Å². The molecule has 8 nitrogen and oxygen atoms in total. The van der Waals surface area contributed by atoms with Gasteiger partial charge >= 0.3 is 6.18 Å². The Labute approximate surface area is 226 Å². The van der Waals surface area contributed by atoms with Gasteiger partial charge in [-0.2, -0.15) is 13.2 Å². The van der Waals surface area contributed by atoms with Gasteiger partial charge in [-0.05, 0) is 48.0 Å². The van der Waals surface area contributed by atoms with Gasteiger partial charge in [-0.1, -0.05) is 12.1 Å². The predicted molar refractivity (Wildman–Crippen MR) is 142 cm³/mol. The van der Waals surface area contributed by atoms with Gasteiger partial charge in [0.15, 0.2) is 0 Å². The standard InChI is InChI=1S/C27H23F4N3O5S/c1-32-26(36)23-20-12-19(16-5-4-6-17(11-16)25(35)33-14-27(29,30)31)21(34(2)40(3,37)38)13-22(20)39-24(23)15-7-9-18(28)10-8-15/h4-13H,14H2,1-3H3,(H,32,36)(H,33,35). The molecule has 2 amide bonds. The lowest BCUT2D eigenvalue weighted by Gasteiger charge is -2.21. The van der Waals surface area contributed by atoms with Gasteiger partial charge in [0.05, 0.1) is 17.5 Å². The molecule has 0 radical (unpaired) electrons. The van der Waals surface area contributed by atoms with Crippen molar-refractivity contribution in [2.45, 2.75) is 6.18 Å². The Morgan fingerprint density at radius 3 is 2.25 bits per heavy atom. The van der Waals surface area contributed by atoms with Crippen molar-refractivity contribution in [3.05, 3.63) is 77.6 Å². The van der Waals surface area contributed by atoms with Gasteiger partial charge in [-0.3, -0.25) is 13.9 Å².